The second-order valence-corrected chi connectivity index (χ2v) is 4.55. The molecule has 2 rings (SSSR count). The summed E-state index contributed by atoms with van der Waals surface area (Å²) in [5, 5.41) is 7.86. The van der Waals surface area contributed by atoms with Gasteiger partial charge in [0.25, 0.3) is 0 Å². The van der Waals surface area contributed by atoms with Crippen molar-refractivity contribution in [2.24, 2.45) is 0 Å². The van der Waals surface area contributed by atoms with Crippen molar-refractivity contribution in [1.82, 2.24) is 25.0 Å². The summed E-state index contributed by atoms with van der Waals surface area (Å²) in [6, 6.07) is 0. The number of halogens is 1. The fourth-order valence-corrected chi connectivity index (χ4v) is 1.52. The van der Waals surface area contributed by atoms with Gasteiger partial charge in [0.15, 0.2) is 0 Å². The maximum atomic E-state index is 4.12. The Hall–Kier alpha value is -1.30. The van der Waals surface area contributed by atoms with Crippen molar-refractivity contribution >= 4 is 15.9 Å². The van der Waals surface area contributed by atoms with E-state index < -0.39 is 0 Å². The molecule has 5 nitrogen and oxygen atoms in total. The van der Waals surface area contributed by atoms with Crippen molar-refractivity contribution in [3.8, 4) is 5.69 Å². The van der Waals surface area contributed by atoms with Crippen LogP contribution in [0.25, 0.3) is 5.69 Å². The Morgan fingerprint density at radius 3 is 2.53 bits per heavy atom. The van der Waals surface area contributed by atoms with Crippen molar-refractivity contribution in [2.45, 2.75) is 18.7 Å². The molecule has 0 amide bonds. The van der Waals surface area contributed by atoms with Gasteiger partial charge in [-0.3, -0.25) is 0 Å². The molecule has 2 aromatic rings. The molecule has 0 aliphatic heterocycles. The van der Waals surface area contributed by atoms with Crippen LogP contribution in [0, 0.1) is 6.92 Å². The predicted octanol–water partition coefficient (Wildman–Crippen LogP) is 1.82. The summed E-state index contributed by atoms with van der Waals surface area (Å²) in [5.41, 5.74) is 1.79. The molecule has 1 unspecified atom stereocenters. The van der Waals surface area contributed by atoms with Crippen LogP contribution in [-0.4, -0.2) is 25.0 Å². The SMILES string of the molecule is Cc1ncc(-n2nncc2C(C)Br)cn1. The predicted molar refractivity (Wildman–Crippen MR) is 59.0 cm³/mol. The molecule has 0 saturated heterocycles. The third kappa shape index (κ3) is 2.04. The Morgan fingerprint density at radius 1 is 1.27 bits per heavy atom. The van der Waals surface area contributed by atoms with Crippen LogP contribution in [0.5, 0.6) is 0 Å². The van der Waals surface area contributed by atoms with Crippen molar-refractivity contribution in [3.63, 3.8) is 0 Å². The van der Waals surface area contributed by atoms with Gasteiger partial charge in [0, 0.05) is 0 Å². The number of hydrogen-bond acceptors (Lipinski definition) is 4. The highest BCUT2D eigenvalue weighted by molar-refractivity contribution is 9.09. The van der Waals surface area contributed by atoms with Crippen LogP contribution in [0.4, 0.5) is 0 Å². The van der Waals surface area contributed by atoms with Crippen LogP contribution >= 0.6 is 15.9 Å². The van der Waals surface area contributed by atoms with Gasteiger partial charge in [-0.2, -0.15) is 0 Å². The van der Waals surface area contributed by atoms with Gasteiger partial charge < -0.3 is 0 Å². The first-order valence-electron chi connectivity index (χ1n) is 4.52. The van der Waals surface area contributed by atoms with Crippen molar-refractivity contribution in [3.05, 3.63) is 30.1 Å². The van der Waals surface area contributed by atoms with Gasteiger partial charge in [-0.05, 0) is 13.8 Å². The maximum absolute atomic E-state index is 4.12. The van der Waals surface area contributed by atoms with E-state index in [0.29, 0.717) is 0 Å². The molecule has 15 heavy (non-hydrogen) atoms. The molecule has 0 bridgehead atoms. The minimum atomic E-state index is 0.189. The van der Waals surface area contributed by atoms with E-state index in [1.807, 2.05) is 13.8 Å². The minimum Gasteiger partial charge on any atom is -0.239 e. The Labute approximate surface area is 95.7 Å². The largest absolute Gasteiger partial charge is 0.239 e. The van der Waals surface area contributed by atoms with Gasteiger partial charge in [0.1, 0.15) is 11.5 Å². The normalized spacial score (nSPS) is 12.7. The van der Waals surface area contributed by atoms with Gasteiger partial charge in [-0.25, -0.2) is 14.6 Å². The van der Waals surface area contributed by atoms with E-state index in [1.54, 1.807) is 23.3 Å². The lowest BCUT2D eigenvalue weighted by atomic mass is 10.3. The Morgan fingerprint density at radius 2 is 1.93 bits per heavy atom. The van der Waals surface area contributed by atoms with E-state index in [-0.39, 0.29) is 4.83 Å². The van der Waals surface area contributed by atoms with Gasteiger partial charge in [-0.15, -0.1) is 5.10 Å². The lowest BCUT2D eigenvalue weighted by Gasteiger charge is -2.06. The van der Waals surface area contributed by atoms with Gasteiger partial charge >= 0.3 is 0 Å². The second kappa shape index (κ2) is 4.06. The zero-order valence-corrected chi connectivity index (χ0v) is 10.0. The number of rotatable bonds is 2. The van der Waals surface area contributed by atoms with E-state index in [4.69, 9.17) is 0 Å². The fourth-order valence-electron chi connectivity index (χ4n) is 1.21. The topological polar surface area (TPSA) is 56.5 Å². The Bertz CT molecular complexity index is 448. The van der Waals surface area contributed by atoms with Crippen LogP contribution < -0.4 is 0 Å². The molecule has 0 fully saturated rings. The lowest BCUT2D eigenvalue weighted by Crippen LogP contribution is -2.04. The third-order valence-electron chi connectivity index (χ3n) is 2.00. The molecule has 0 aromatic carbocycles. The van der Waals surface area contributed by atoms with Gasteiger partial charge in [0.05, 0.1) is 29.1 Å². The molecule has 0 aliphatic rings. The molecule has 78 valence electrons. The Kier molecular flexibility index (Phi) is 2.77. The molecule has 1 atom stereocenters. The zero-order valence-electron chi connectivity index (χ0n) is 8.42. The number of hydrogen-bond donors (Lipinski definition) is 0. The summed E-state index contributed by atoms with van der Waals surface area (Å²) in [6.45, 7) is 3.86. The highest BCUT2D eigenvalue weighted by Gasteiger charge is 2.10. The lowest BCUT2D eigenvalue weighted by molar-refractivity contribution is 0.755. The highest BCUT2D eigenvalue weighted by atomic mass is 79.9. The Balaban J connectivity index is 2.45. The number of aromatic nitrogens is 5. The molecular formula is C9H10BrN5. The first-order chi connectivity index (χ1) is 7.18. The maximum Gasteiger partial charge on any atom is 0.125 e. The van der Waals surface area contributed by atoms with Crippen molar-refractivity contribution in [2.75, 3.05) is 0 Å². The van der Waals surface area contributed by atoms with Crippen LogP contribution in [0.2, 0.25) is 0 Å². The molecule has 0 spiro atoms. The molecule has 0 saturated carbocycles. The quantitative estimate of drug-likeness (QED) is 0.779. The average molecular weight is 268 g/mol. The number of aryl methyl sites for hydroxylation is 1. The number of alkyl halides is 1. The van der Waals surface area contributed by atoms with E-state index in [9.17, 15) is 0 Å². The summed E-state index contributed by atoms with van der Waals surface area (Å²) in [4.78, 5) is 8.43. The van der Waals surface area contributed by atoms with Crippen molar-refractivity contribution < 1.29 is 0 Å². The van der Waals surface area contributed by atoms with E-state index in [2.05, 4.69) is 36.2 Å². The summed E-state index contributed by atoms with van der Waals surface area (Å²) in [5.74, 6) is 0.743. The zero-order chi connectivity index (χ0) is 10.8. The molecule has 2 heterocycles. The average Bonchev–Trinajstić information content (AvgIpc) is 2.67. The van der Waals surface area contributed by atoms with Gasteiger partial charge in [0.2, 0.25) is 0 Å². The van der Waals surface area contributed by atoms with Crippen LogP contribution in [-0.2, 0) is 0 Å². The molecular weight excluding hydrogens is 258 g/mol. The monoisotopic (exact) mass is 267 g/mol. The summed E-state index contributed by atoms with van der Waals surface area (Å²) in [6.07, 6.45) is 5.19. The smallest absolute Gasteiger partial charge is 0.125 e. The first kappa shape index (κ1) is 10.2. The summed E-state index contributed by atoms with van der Waals surface area (Å²) >= 11 is 3.48. The molecule has 0 aliphatic carbocycles. The van der Waals surface area contributed by atoms with Crippen LogP contribution in [0.15, 0.2) is 18.6 Å². The third-order valence-corrected chi connectivity index (χ3v) is 2.46. The second-order valence-electron chi connectivity index (χ2n) is 3.18. The molecule has 2 aromatic heterocycles. The molecule has 0 radical (unpaired) electrons. The van der Waals surface area contributed by atoms with Gasteiger partial charge in [-0.1, -0.05) is 21.1 Å². The van der Waals surface area contributed by atoms with E-state index >= 15 is 0 Å². The molecule has 0 N–H and O–H groups in total. The summed E-state index contributed by atoms with van der Waals surface area (Å²) < 4.78 is 1.72. The van der Waals surface area contributed by atoms with Crippen molar-refractivity contribution in [1.29, 1.82) is 0 Å². The number of nitrogens with zero attached hydrogens (tertiary/aromatic N) is 5. The van der Waals surface area contributed by atoms with Crippen LogP contribution in [0.3, 0.4) is 0 Å². The molecule has 6 heteroatoms. The fraction of sp³-hybridized carbons (Fsp3) is 0.333. The van der Waals surface area contributed by atoms with E-state index in [0.717, 1.165) is 17.2 Å². The summed E-state index contributed by atoms with van der Waals surface area (Å²) in [7, 11) is 0. The highest BCUT2D eigenvalue weighted by Crippen LogP contribution is 2.22. The standard InChI is InChI=1S/C9H10BrN5/c1-6(10)9-5-13-14-15(9)8-3-11-7(2)12-4-8/h3-6H,1-2H3. The minimum absolute atomic E-state index is 0.189. The van der Waals surface area contributed by atoms with Crippen LogP contribution in [0.1, 0.15) is 23.3 Å². The van der Waals surface area contributed by atoms with E-state index in [1.165, 1.54) is 0 Å². The first-order valence-corrected chi connectivity index (χ1v) is 5.43.